The van der Waals surface area contributed by atoms with Gasteiger partial charge in [-0.15, -0.1) is 0 Å². The van der Waals surface area contributed by atoms with E-state index in [2.05, 4.69) is 51.7 Å². The lowest BCUT2D eigenvalue weighted by atomic mass is 10.1. The van der Waals surface area contributed by atoms with Gasteiger partial charge in [0.15, 0.2) is 0 Å². The second-order valence-corrected chi connectivity index (χ2v) is 6.08. The highest BCUT2D eigenvalue weighted by Gasteiger charge is 2.12. The third-order valence-corrected chi connectivity index (χ3v) is 4.37. The van der Waals surface area contributed by atoms with Gasteiger partial charge in [-0.1, -0.05) is 13.0 Å². The number of H-pyrrole nitrogens is 2. The van der Waals surface area contributed by atoms with Gasteiger partial charge in [0.2, 0.25) is 5.91 Å². The standard InChI is InChI=1S/C19H19N5O/c1-2-21-10-11-3-6-15-13(7-11)9-17(22-15)18-14-5-4-12(19(20)25)8-16(14)23-24-18/h3-9,21-22H,2,10H2,1H3,(H2,20,25)(H,23,24). The van der Waals surface area contributed by atoms with Crippen molar-refractivity contribution in [3.63, 3.8) is 0 Å². The third kappa shape index (κ3) is 2.77. The minimum atomic E-state index is -0.447. The fourth-order valence-corrected chi connectivity index (χ4v) is 3.07. The van der Waals surface area contributed by atoms with E-state index in [1.54, 1.807) is 12.1 Å². The Hall–Kier alpha value is -3.12. The highest BCUT2D eigenvalue weighted by molar-refractivity contribution is 6.00. The van der Waals surface area contributed by atoms with Gasteiger partial charge in [0, 0.05) is 28.4 Å². The number of nitrogens with zero attached hydrogens (tertiary/aromatic N) is 1. The third-order valence-electron chi connectivity index (χ3n) is 4.37. The van der Waals surface area contributed by atoms with Gasteiger partial charge < -0.3 is 16.0 Å². The molecule has 0 saturated carbocycles. The molecule has 0 radical (unpaired) electrons. The molecule has 0 bridgehead atoms. The Bertz CT molecular complexity index is 1080. The Morgan fingerprint density at radius 3 is 2.84 bits per heavy atom. The van der Waals surface area contributed by atoms with Crippen molar-refractivity contribution in [2.45, 2.75) is 13.5 Å². The molecule has 4 rings (SSSR count). The molecule has 0 unspecified atom stereocenters. The number of hydrogen-bond acceptors (Lipinski definition) is 3. The number of carbonyl (C=O) groups excluding carboxylic acids is 1. The number of aromatic nitrogens is 3. The molecule has 5 N–H and O–H groups in total. The first-order valence-electron chi connectivity index (χ1n) is 8.26. The van der Waals surface area contributed by atoms with Crippen molar-refractivity contribution in [3.05, 3.63) is 53.6 Å². The fourth-order valence-electron chi connectivity index (χ4n) is 3.07. The Labute approximate surface area is 144 Å². The van der Waals surface area contributed by atoms with Crippen LogP contribution in [0.15, 0.2) is 42.5 Å². The maximum absolute atomic E-state index is 11.3. The summed E-state index contributed by atoms with van der Waals surface area (Å²) in [7, 11) is 0. The van der Waals surface area contributed by atoms with Crippen molar-refractivity contribution in [2.24, 2.45) is 5.73 Å². The van der Waals surface area contributed by atoms with Gasteiger partial charge in [-0.2, -0.15) is 5.10 Å². The summed E-state index contributed by atoms with van der Waals surface area (Å²) < 4.78 is 0. The quantitative estimate of drug-likeness (QED) is 0.452. The van der Waals surface area contributed by atoms with E-state index in [1.165, 1.54) is 5.56 Å². The van der Waals surface area contributed by atoms with Gasteiger partial charge in [-0.05, 0) is 48.5 Å². The van der Waals surface area contributed by atoms with Crippen molar-refractivity contribution in [2.75, 3.05) is 6.54 Å². The molecule has 6 nitrogen and oxygen atoms in total. The van der Waals surface area contributed by atoms with Gasteiger partial charge in [-0.3, -0.25) is 9.89 Å². The van der Waals surface area contributed by atoms with Crippen LogP contribution >= 0.6 is 0 Å². The van der Waals surface area contributed by atoms with Crippen LogP contribution in [0.5, 0.6) is 0 Å². The largest absolute Gasteiger partial charge is 0.366 e. The number of hydrogen-bond donors (Lipinski definition) is 4. The van der Waals surface area contributed by atoms with Crippen LogP contribution in [0.3, 0.4) is 0 Å². The molecule has 126 valence electrons. The Kier molecular flexibility index (Phi) is 3.74. The maximum Gasteiger partial charge on any atom is 0.248 e. The molecule has 4 aromatic rings. The monoisotopic (exact) mass is 333 g/mol. The van der Waals surface area contributed by atoms with E-state index >= 15 is 0 Å². The molecule has 0 atom stereocenters. The SMILES string of the molecule is CCNCc1ccc2[nH]c(-c3n[nH]c4cc(C(N)=O)ccc34)cc2c1. The number of amides is 1. The zero-order valence-electron chi connectivity index (χ0n) is 13.9. The van der Waals surface area contributed by atoms with E-state index in [4.69, 9.17) is 5.73 Å². The minimum Gasteiger partial charge on any atom is -0.366 e. The normalized spacial score (nSPS) is 11.4. The van der Waals surface area contributed by atoms with E-state index < -0.39 is 5.91 Å². The molecule has 0 aliphatic rings. The van der Waals surface area contributed by atoms with Gasteiger partial charge in [0.25, 0.3) is 0 Å². The van der Waals surface area contributed by atoms with Crippen LogP contribution in [0.25, 0.3) is 33.2 Å². The smallest absolute Gasteiger partial charge is 0.248 e. The van der Waals surface area contributed by atoms with Crippen LogP contribution < -0.4 is 11.1 Å². The number of primary amides is 1. The van der Waals surface area contributed by atoms with Crippen molar-refractivity contribution in [1.82, 2.24) is 20.5 Å². The highest BCUT2D eigenvalue weighted by Crippen LogP contribution is 2.29. The number of benzene rings is 2. The molecule has 2 aromatic heterocycles. The molecular weight excluding hydrogens is 314 g/mol. The molecule has 0 aliphatic carbocycles. The van der Waals surface area contributed by atoms with Crippen LogP contribution in [-0.2, 0) is 6.54 Å². The second-order valence-electron chi connectivity index (χ2n) is 6.08. The number of rotatable bonds is 5. The molecule has 25 heavy (non-hydrogen) atoms. The average molecular weight is 333 g/mol. The zero-order valence-corrected chi connectivity index (χ0v) is 13.9. The Morgan fingerprint density at radius 1 is 1.16 bits per heavy atom. The van der Waals surface area contributed by atoms with Crippen LogP contribution in [0, 0.1) is 0 Å². The molecule has 0 spiro atoms. The summed E-state index contributed by atoms with van der Waals surface area (Å²) in [5.74, 6) is -0.447. The first kappa shape index (κ1) is 15.4. The van der Waals surface area contributed by atoms with Crippen LogP contribution in [-0.4, -0.2) is 27.6 Å². The average Bonchev–Trinajstić information content (AvgIpc) is 3.22. The second kappa shape index (κ2) is 6.07. The van der Waals surface area contributed by atoms with Crippen LogP contribution in [0.2, 0.25) is 0 Å². The number of nitrogens with two attached hydrogens (primary N) is 1. The molecule has 6 heteroatoms. The highest BCUT2D eigenvalue weighted by atomic mass is 16.1. The summed E-state index contributed by atoms with van der Waals surface area (Å²) in [4.78, 5) is 14.7. The van der Waals surface area contributed by atoms with Crippen molar-refractivity contribution < 1.29 is 4.79 Å². The summed E-state index contributed by atoms with van der Waals surface area (Å²) in [5, 5.41) is 12.8. The van der Waals surface area contributed by atoms with E-state index in [1.807, 2.05) is 6.07 Å². The van der Waals surface area contributed by atoms with Crippen molar-refractivity contribution in [1.29, 1.82) is 0 Å². The van der Waals surface area contributed by atoms with Gasteiger partial charge in [0.1, 0.15) is 5.69 Å². The summed E-state index contributed by atoms with van der Waals surface area (Å²) in [6, 6.07) is 13.8. The number of aromatic amines is 2. The molecule has 0 saturated heterocycles. The van der Waals surface area contributed by atoms with Crippen molar-refractivity contribution in [3.8, 4) is 11.4 Å². The van der Waals surface area contributed by atoms with Crippen LogP contribution in [0.4, 0.5) is 0 Å². The minimum absolute atomic E-state index is 0.447. The Balaban J connectivity index is 1.76. The fraction of sp³-hybridized carbons (Fsp3) is 0.158. The number of nitrogens with one attached hydrogen (secondary N) is 3. The van der Waals surface area contributed by atoms with Gasteiger partial charge in [0.05, 0.1) is 11.2 Å². The molecule has 2 heterocycles. The predicted molar refractivity (Wildman–Crippen MR) is 99.3 cm³/mol. The Morgan fingerprint density at radius 2 is 2.04 bits per heavy atom. The van der Waals surface area contributed by atoms with Crippen molar-refractivity contribution >= 4 is 27.7 Å². The molecular formula is C19H19N5O. The lowest BCUT2D eigenvalue weighted by molar-refractivity contribution is 0.100. The van der Waals surface area contributed by atoms with E-state index in [9.17, 15) is 4.79 Å². The number of carbonyl (C=O) groups is 1. The van der Waals surface area contributed by atoms with E-state index in [0.29, 0.717) is 5.56 Å². The molecule has 2 aromatic carbocycles. The first-order valence-corrected chi connectivity index (χ1v) is 8.26. The van der Waals surface area contributed by atoms with Gasteiger partial charge in [-0.25, -0.2) is 0 Å². The van der Waals surface area contributed by atoms with Crippen LogP contribution in [0.1, 0.15) is 22.8 Å². The lowest BCUT2D eigenvalue weighted by Crippen LogP contribution is -2.11. The summed E-state index contributed by atoms with van der Waals surface area (Å²) in [6.07, 6.45) is 0. The molecule has 1 amide bonds. The predicted octanol–water partition coefficient (Wildman–Crippen LogP) is 2.92. The summed E-state index contributed by atoms with van der Waals surface area (Å²) >= 11 is 0. The lowest BCUT2D eigenvalue weighted by Gasteiger charge is -2.01. The van der Waals surface area contributed by atoms with E-state index in [-0.39, 0.29) is 0 Å². The van der Waals surface area contributed by atoms with Gasteiger partial charge >= 0.3 is 0 Å². The number of fused-ring (bicyclic) bond motifs is 2. The van der Waals surface area contributed by atoms with E-state index in [0.717, 1.165) is 46.3 Å². The first-order chi connectivity index (χ1) is 12.2. The molecule has 0 fully saturated rings. The zero-order chi connectivity index (χ0) is 17.4. The topological polar surface area (TPSA) is 99.6 Å². The molecule has 0 aliphatic heterocycles. The summed E-state index contributed by atoms with van der Waals surface area (Å²) in [5.41, 5.74) is 10.7. The summed E-state index contributed by atoms with van der Waals surface area (Å²) in [6.45, 7) is 3.90. The maximum atomic E-state index is 11.3.